The van der Waals surface area contributed by atoms with E-state index in [1.807, 2.05) is 0 Å². The van der Waals surface area contributed by atoms with Crippen molar-refractivity contribution in [3.8, 4) is 0 Å². The van der Waals surface area contributed by atoms with E-state index in [4.69, 9.17) is 18.9 Å². The Morgan fingerprint density at radius 3 is 1.45 bits per heavy atom. The maximum atomic E-state index is 12.8. The molecule has 9 nitrogen and oxygen atoms in total. The van der Waals surface area contributed by atoms with Gasteiger partial charge in [0.15, 0.2) is 6.29 Å². The smallest absolute Gasteiger partial charge is 0.306 e. The van der Waals surface area contributed by atoms with Crippen LogP contribution in [0.1, 0.15) is 142 Å². The zero-order chi connectivity index (χ0) is 43.6. The van der Waals surface area contributed by atoms with E-state index in [0.717, 1.165) is 96.3 Å². The molecule has 0 aliphatic carbocycles. The summed E-state index contributed by atoms with van der Waals surface area (Å²) in [5.41, 5.74) is 0. The van der Waals surface area contributed by atoms with E-state index in [0.29, 0.717) is 13.0 Å². The Labute approximate surface area is 364 Å². The molecule has 0 aromatic rings. The topological polar surface area (TPSA) is 135 Å². The van der Waals surface area contributed by atoms with Gasteiger partial charge in [0, 0.05) is 13.0 Å². The van der Waals surface area contributed by atoms with Crippen LogP contribution in [0.4, 0.5) is 0 Å². The van der Waals surface area contributed by atoms with Crippen molar-refractivity contribution >= 4 is 5.97 Å². The number of unbranched alkanes of at least 4 members (excludes halogenated alkanes) is 8. The van der Waals surface area contributed by atoms with Crippen molar-refractivity contribution in [1.82, 2.24) is 0 Å². The molecule has 1 fully saturated rings. The average molecular weight is 839 g/mol. The predicted molar refractivity (Wildman–Crippen MR) is 246 cm³/mol. The van der Waals surface area contributed by atoms with Crippen molar-refractivity contribution < 1.29 is 44.2 Å². The number of carbonyl (C=O) groups is 1. The molecule has 0 radical (unpaired) electrons. The van der Waals surface area contributed by atoms with Gasteiger partial charge in [0.2, 0.25) is 0 Å². The lowest BCUT2D eigenvalue weighted by molar-refractivity contribution is -0.305. The van der Waals surface area contributed by atoms with Gasteiger partial charge in [0.25, 0.3) is 0 Å². The number of aliphatic hydroxyl groups is 4. The number of esters is 1. The first-order chi connectivity index (χ1) is 29.4. The molecule has 1 heterocycles. The number of ether oxygens (including phenoxy) is 4. The number of allylic oxidation sites excluding steroid dienone is 18. The second kappa shape index (κ2) is 41.2. The Bertz CT molecular complexity index is 1270. The van der Waals surface area contributed by atoms with Crippen molar-refractivity contribution in [2.75, 3.05) is 26.4 Å². The summed E-state index contributed by atoms with van der Waals surface area (Å²) in [5, 5.41) is 40.1. The van der Waals surface area contributed by atoms with Crippen LogP contribution in [-0.4, -0.2) is 89.6 Å². The molecule has 0 saturated carbocycles. The van der Waals surface area contributed by atoms with Crippen LogP contribution >= 0.6 is 0 Å². The van der Waals surface area contributed by atoms with Gasteiger partial charge in [-0.1, -0.05) is 149 Å². The lowest BCUT2D eigenvalue weighted by Crippen LogP contribution is -2.59. The summed E-state index contributed by atoms with van der Waals surface area (Å²) >= 11 is 0. The van der Waals surface area contributed by atoms with E-state index in [2.05, 4.69) is 123 Å². The van der Waals surface area contributed by atoms with Gasteiger partial charge in [-0.2, -0.15) is 0 Å². The highest BCUT2D eigenvalue weighted by Gasteiger charge is 2.44. The Hall–Kier alpha value is -3.15. The van der Waals surface area contributed by atoms with E-state index in [1.165, 1.54) is 19.3 Å². The van der Waals surface area contributed by atoms with E-state index >= 15 is 0 Å². The van der Waals surface area contributed by atoms with Crippen molar-refractivity contribution in [3.05, 3.63) is 109 Å². The van der Waals surface area contributed by atoms with Crippen molar-refractivity contribution in [1.29, 1.82) is 0 Å². The lowest BCUT2D eigenvalue weighted by Gasteiger charge is -2.39. The lowest BCUT2D eigenvalue weighted by atomic mass is 9.99. The van der Waals surface area contributed by atoms with Gasteiger partial charge in [0.1, 0.15) is 30.5 Å². The van der Waals surface area contributed by atoms with E-state index in [-0.39, 0.29) is 25.6 Å². The third-order valence-corrected chi connectivity index (χ3v) is 9.68. The fourth-order valence-corrected chi connectivity index (χ4v) is 6.15. The molecule has 340 valence electrons. The molecule has 0 amide bonds. The molecular weight excluding hydrogens is 757 g/mol. The van der Waals surface area contributed by atoms with Gasteiger partial charge in [-0.3, -0.25) is 4.79 Å². The first-order valence-corrected chi connectivity index (χ1v) is 23.0. The fourth-order valence-electron chi connectivity index (χ4n) is 6.15. The number of hydrogen-bond donors (Lipinski definition) is 4. The summed E-state index contributed by atoms with van der Waals surface area (Å²) in [4.78, 5) is 12.8. The van der Waals surface area contributed by atoms with Gasteiger partial charge in [0.05, 0.1) is 19.8 Å². The number of carbonyl (C=O) groups excluding carboxylic acids is 1. The molecule has 1 saturated heterocycles. The predicted octanol–water partition coefficient (Wildman–Crippen LogP) is 10.6. The molecule has 0 spiro atoms. The van der Waals surface area contributed by atoms with Crippen LogP contribution in [0.2, 0.25) is 0 Å². The maximum absolute atomic E-state index is 12.8. The quantitative estimate of drug-likeness (QED) is 0.0274. The molecule has 6 unspecified atom stereocenters. The molecule has 9 heteroatoms. The van der Waals surface area contributed by atoms with E-state index < -0.39 is 43.4 Å². The number of aliphatic hydroxyl groups excluding tert-OH is 4. The van der Waals surface area contributed by atoms with Crippen LogP contribution in [0, 0.1) is 0 Å². The normalized spacial score (nSPS) is 21.1. The largest absolute Gasteiger partial charge is 0.457 e. The SMILES string of the molecule is CC/C=C\C/C=C\C/C=C\C/C=C\C/C=C\C/C=C\CCCCC(=O)OC(COCCCCCCCC/C=C\C/C=C\C/C=C\CC)COC1OC(CO)C(O)C(O)C1O. The van der Waals surface area contributed by atoms with Crippen LogP contribution in [0.25, 0.3) is 0 Å². The van der Waals surface area contributed by atoms with Gasteiger partial charge in [-0.15, -0.1) is 0 Å². The molecule has 0 aromatic heterocycles. The van der Waals surface area contributed by atoms with Crippen LogP contribution < -0.4 is 0 Å². The Morgan fingerprint density at radius 2 is 0.967 bits per heavy atom. The highest BCUT2D eigenvalue weighted by Crippen LogP contribution is 2.22. The fraction of sp³-hybridized carbons (Fsp3) is 0.627. The van der Waals surface area contributed by atoms with Crippen molar-refractivity contribution in [2.45, 2.75) is 179 Å². The summed E-state index contributed by atoms with van der Waals surface area (Å²) in [5.74, 6) is -0.366. The number of hydrogen-bond acceptors (Lipinski definition) is 9. The number of rotatable bonds is 37. The molecular formula is C51H82O9. The minimum Gasteiger partial charge on any atom is -0.457 e. The summed E-state index contributed by atoms with van der Waals surface area (Å²) in [6.07, 6.45) is 51.1. The van der Waals surface area contributed by atoms with E-state index in [1.54, 1.807) is 0 Å². The second-order valence-corrected chi connectivity index (χ2v) is 15.1. The highest BCUT2D eigenvalue weighted by molar-refractivity contribution is 5.69. The summed E-state index contributed by atoms with van der Waals surface area (Å²) < 4.78 is 22.8. The summed E-state index contributed by atoms with van der Waals surface area (Å²) in [7, 11) is 0. The van der Waals surface area contributed by atoms with Crippen LogP contribution in [0.15, 0.2) is 109 Å². The molecule has 0 bridgehead atoms. The molecule has 6 atom stereocenters. The van der Waals surface area contributed by atoms with Gasteiger partial charge < -0.3 is 39.4 Å². The minimum atomic E-state index is -1.55. The standard InChI is InChI=1S/C51H82O9/c1-3-5-7-9-11-13-15-17-19-21-22-23-24-25-26-28-30-32-34-36-38-40-47(53)59-45(44-58-51-50(56)49(55)48(54)46(42-52)60-51)43-57-41-39-37-35-33-31-29-27-20-18-16-14-12-10-8-6-4-2/h5-8,11-14,17-20,22-23,25-26,30,32,45-46,48-52,54-56H,3-4,9-10,15-16,21,24,27-29,31,33-44H2,1-2H3/b7-5-,8-6-,13-11-,14-12-,19-17-,20-18-,23-22-,26-25-,32-30-. The zero-order valence-electron chi connectivity index (χ0n) is 37.2. The summed E-state index contributed by atoms with van der Waals surface area (Å²) in [6.45, 7) is 4.22. The third kappa shape index (κ3) is 31.7. The molecule has 1 aliphatic rings. The van der Waals surface area contributed by atoms with E-state index in [9.17, 15) is 25.2 Å². The van der Waals surface area contributed by atoms with Gasteiger partial charge >= 0.3 is 5.97 Å². The maximum Gasteiger partial charge on any atom is 0.306 e. The Kier molecular flexibility index (Phi) is 37.7. The van der Waals surface area contributed by atoms with Crippen molar-refractivity contribution in [2.24, 2.45) is 0 Å². The summed E-state index contributed by atoms with van der Waals surface area (Å²) in [6, 6.07) is 0. The highest BCUT2D eigenvalue weighted by atomic mass is 16.7. The Balaban J connectivity index is 2.32. The minimum absolute atomic E-state index is 0.110. The average Bonchev–Trinajstić information content (AvgIpc) is 3.25. The van der Waals surface area contributed by atoms with Crippen LogP contribution in [0.5, 0.6) is 0 Å². The first kappa shape index (κ1) is 54.9. The molecule has 60 heavy (non-hydrogen) atoms. The third-order valence-electron chi connectivity index (χ3n) is 9.68. The second-order valence-electron chi connectivity index (χ2n) is 15.1. The zero-order valence-corrected chi connectivity index (χ0v) is 37.2. The monoisotopic (exact) mass is 839 g/mol. The molecule has 1 rings (SSSR count). The molecule has 4 N–H and O–H groups in total. The first-order valence-electron chi connectivity index (χ1n) is 23.0. The van der Waals surface area contributed by atoms with Gasteiger partial charge in [-0.25, -0.2) is 0 Å². The molecule has 0 aromatic carbocycles. The van der Waals surface area contributed by atoms with Crippen LogP contribution in [-0.2, 0) is 23.7 Å². The van der Waals surface area contributed by atoms with Gasteiger partial charge in [-0.05, 0) is 96.3 Å². The molecule has 1 aliphatic heterocycles. The van der Waals surface area contributed by atoms with Crippen LogP contribution in [0.3, 0.4) is 0 Å². The van der Waals surface area contributed by atoms with Crippen molar-refractivity contribution in [3.63, 3.8) is 0 Å². The Morgan fingerprint density at radius 1 is 0.533 bits per heavy atom.